The Bertz CT molecular complexity index is 772. The van der Waals surface area contributed by atoms with Crippen molar-refractivity contribution in [2.24, 2.45) is 0 Å². The molecule has 1 aromatic carbocycles. The van der Waals surface area contributed by atoms with Gasteiger partial charge in [-0.25, -0.2) is 8.42 Å². The SMILES string of the molecule is Cc1cc([N+](=O)[O-])cc(S(=O)(=O)N(CCC#N)CCC#N)c1C. The van der Waals surface area contributed by atoms with E-state index < -0.39 is 14.9 Å². The summed E-state index contributed by atoms with van der Waals surface area (Å²) in [6.07, 6.45) is -0.0603. The molecule has 0 saturated carbocycles. The fourth-order valence-corrected chi connectivity index (χ4v) is 3.78. The Morgan fingerprint density at radius 2 is 1.70 bits per heavy atom. The maximum atomic E-state index is 12.8. The molecule has 0 atom stereocenters. The average Bonchev–Trinajstić information content (AvgIpc) is 2.49. The maximum Gasteiger partial charge on any atom is 0.271 e. The molecule has 0 saturated heterocycles. The van der Waals surface area contributed by atoms with Gasteiger partial charge in [-0.1, -0.05) is 0 Å². The van der Waals surface area contributed by atoms with Crippen LogP contribution in [-0.4, -0.2) is 30.7 Å². The molecule has 0 N–H and O–H groups in total. The lowest BCUT2D eigenvalue weighted by Gasteiger charge is -2.21. The molecule has 0 amide bonds. The summed E-state index contributed by atoms with van der Waals surface area (Å²) < 4.78 is 26.6. The number of rotatable bonds is 7. The lowest BCUT2D eigenvalue weighted by atomic mass is 10.1. The predicted molar refractivity (Wildman–Crippen MR) is 81.8 cm³/mol. The summed E-state index contributed by atoms with van der Waals surface area (Å²) in [7, 11) is -4.03. The summed E-state index contributed by atoms with van der Waals surface area (Å²) in [6.45, 7) is 3.03. The van der Waals surface area contributed by atoms with E-state index in [0.717, 1.165) is 10.4 Å². The zero-order valence-corrected chi connectivity index (χ0v) is 13.6. The number of benzene rings is 1. The van der Waals surface area contributed by atoms with Gasteiger partial charge in [0.15, 0.2) is 0 Å². The van der Waals surface area contributed by atoms with Crippen LogP contribution in [0.5, 0.6) is 0 Å². The monoisotopic (exact) mass is 336 g/mol. The van der Waals surface area contributed by atoms with E-state index in [9.17, 15) is 18.5 Å². The van der Waals surface area contributed by atoms with E-state index in [2.05, 4.69) is 0 Å². The van der Waals surface area contributed by atoms with Gasteiger partial charge in [0.25, 0.3) is 5.69 Å². The second-order valence-corrected chi connectivity index (χ2v) is 6.77. The van der Waals surface area contributed by atoms with Crippen molar-refractivity contribution >= 4 is 15.7 Å². The number of aryl methyl sites for hydroxylation is 1. The van der Waals surface area contributed by atoms with Gasteiger partial charge in [0, 0.05) is 38.1 Å². The summed E-state index contributed by atoms with van der Waals surface area (Å²) in [5, 5.41) is 28.3. The molecule has 122 valence electrons. The van der Waals surface area contributed by atoms with Crippen LogP contribution < -0.4 is 0 Å². The zero-order chi connectivity index (χ0) is 17.6. The summed E-state index contributed by atoms with van der Waals surface area (Å²) in [5.74, 6) is 0. The van der Waals surface area contributed by atoms with E-state index in [0.29, 0.717) is 11.1 Å². The van der Waals surface area contributed by atoms with Gasteiger partial charge in [0.05, 0.1) is 22.0 Å². The van der Waals surface area contributed by atoms with E-state index in [1.165, 1.54) is 6.07 Å². The molecule has 0 aliphatic rings. The highest BCUT2D eigenvalue weighted by molar-refractivity contribution is 7.89. The zero-order valence-electron chi connectivity index (χ0n) is 12.8. The van der Waals surface area contributed by atoms with Crippen LogP contribution in [0.15, 0.2) is 17.0 Å². The van der Waals surface area contributed by atoms with E-state index in [1.807, 2.05) is 12.1 Å². The van der Waals surface area contributed by atoms with Crippen molar-refractivity contribution in [3.8, 4) is 12.1 Å². The molecule has 0 radical (unpaired) electrons. The van der Waals surface area contributed by atoms with Gasteiger partial charge < -0.3 is 0 Å². The largest absolute Gasteiger partial charge is 0.271 e. The van der Waals surface area contributed by atoms with E-state index >= 15 is 0 Å². The molecule has 8 nitrogen and oxygen atoms in total. The van der Waals surface area contributed by atoms with E-state index in [4.69, 9.17) is 10.5 Å². The third-order valence-corrected chi connectivity index (χ3v) is 5.40. The van der Waals surface area contributed by atoms with Crippen LogP contribution in [0.25, 0.3) is 0 Å². The van der Waals surface area contributed by atoms with Crippen molar-refractivity contribution in [3.05, 3.63) is 33.4 Å². The Balaban J connectivity index is 3.42. The lowest BCUT2D eigenvalue weighted by Crippen LogP contribution is -2.33. The molecule has 0 aliphatic heterocycles. The number of nitriles is 2. The first kappa shape index (κ1) is 18.6. The van der Waals surface area contributed by atoms with Crippen LogP contribution in [0.4, 0.5) is 5.69 Å². The van der Waals surface area contributed by atoms with Gasteiger partial charge in [0.2, 0.25) is 10.0 Å². The topological polar surface area (TPSA) is 128 Å². The number of nitro benzene ring substituents is 1. The number of non-ortho nitro benzene ring substituents is 1. The fourth-order valence-electron chi connectivity index (χ4n) is 2.02. The van der Waals surface area contributed by atoms with Crippen molar-refractivity contribution in [1.29, 1.82) is 10.5 Å². The fraction of sp³-hybridized carbons (Fsp3) is 0.429. The van der Waals surface area contributed by atoms with Crippen LogP contribution in [-0.2, 0) is 10.0 Å². The first-order valence-corrected chi connectivity index (χ1v) is 8.19. The third kappa shape index (κ3) is 4.25. The minimum Gasteiger partial charge on any atom is -0.258 e. The van der Waals surface area contributed by atoms with Gasteiger partial charge in [0.1, 0.15) is 0 Å². The molecule has 9 heteroatoms. The molecule has 0 unspecified atom stereocenters. The van der Waals surface area contributed by atoms with Crippen LogP contribution in [0.3, 0.4) is 0 Å². The Morgan fingerprint density at radius 1 is 1.17 bits per heavy atom. The molecule has 23 heavy (non-hydrogen) atoms. The molecular weight excluding hydrogens is 320 g/mol. The lowest BCUT2D eigenvalue weighted by molar-refractivity contribution is -0.385. The number of nitro groups is 1. The van der Waals surface area contributed by atoms with Crippen LogP contribution in [0, 0.1) is 46.6 Å². The smallest absolute Gasteiger partial charge is 0.258 e. The molecule has 1 aromatic rings. The summed E-state index contributed by atoms with van der Waals surface area (Å²) in [5.41, 5.74) is 0.583. The van der Waals surface area contributed by atoms with Gasteiger partial charge >= 0.3 is 0 Å². The first-order chi connectivity index (χ1) is 10.8. The number of nitrogens with zero attached hydrogens (tertiary/aromatic N) is 4. The number of hydrogen-bond donors (Lipinski definition) is 0. The quantitative estimate of drug-likeness (QED) is 0.553. The highest BCUT2D eigenvalue weighted by atomic mass is 32.2. The highest BCUT2D eigenvalue weighted by Gasteiger charge is 2.28. The predicted octanol–water partition coefficient (Wildman–Crippen LogP) is 2.03. The maximum absolute atomic E-state index is 12.8. The molecule has 1 rings (SSSR count). The summed E-state index contributed by atoms with van der Waals surface area (Å²) >= 11 is 0. The number of hydrogen-bond acceptors (Lipinski definition) is 6. The second kappa shape index (κ2) is 7.68. The Labute approximate surface area is 134 Å². The minimum atomic E-state index is -4.03. The number of sulfonamides is 1. The summed E-state index contributed by atoms with van der Waals surface area (Å²) in [4.78, 5) is 10.1. The Kier molecular flexibility index (Phi) is 6.19. The Morgan fingerprint density at radius 3 is 2.13 bits per heavy atom. The van der Waals surface area contributed by atoms with Gasteiger partial charge in [-0.2, -0.15) is 14.8 Å². The third-order valence-electron chi connectivity index (χ3n) is 3.38. The second-order valence-electron chi connectivity index (χ2n) is 4.86. The highest BCUT2D eigenvalue weighted by Crippen LogP contribution is 2.28. The average molecular weight is 336 g/mol. The van der Waals surface area contributed by atoms with Crippen LogP contribution >= 0.6 is 0 Å². The van der Waals surface area contributed by atoms with Crippen molar-refractivity contribution in [3.63, 3.8) is 0 Å². The summed E-state index contributed by atoms with van der Waals surface area (Å²) in [6, 6.07) is 6.04. The minimum absolute atomic E-state index is 0.0301. The molecule has 0 bridgehead atoms. The normalized spacial score (nSPS) is 11.0. The molecule has 0 heterocycles. The van der Waals surface area contributed by atoms with Gasteiger partial charge in [-0.15, -0.1) is 0 Å². The van der Waals surface area contributed by atoms with Crippen molar-refractivity contribution < 1.29 is 13.3 Å². The molecule has 0 aromatic heterocycles. The van der Waals surface area contributed by atoms with E-state index in [1.54, 1.807) is 13.8 Å². The van der Waals surface area contributed by atoms with Crippen LogP contribution in [0.2, 0.25) is 0 Å². The molecule has 0 aliphatic carbocycles. The van der Waals surface area contributed by atoms with Gasteiger partial charge in [-0.3, -0.25) is 10.1 Å². The van der Waals surface area contributed by atoms with Crippen molar-refractivity contribution in [2.75, 3.05) is 13.1 Å². The Hall–Kier alpha value is -2.49. The van der Waals surface area contributed by atoms with Crippen molar-refractivity contribution in [1.82, 2.24) is 4.31 Å². The van der Waals surface area contributed by atoms with E-state index in [-0.39, 0.29) is 36.5 Å². The molecule has 0 fully saturated rings. The van der Waals surface area contributed by atoms with Gasteiger partial charge in [-0.05, 0) is 25.0 Å². The molecular formula is C14H16N4O4S. The first-order valence-electron chi connectivity index (χ1n) is 6.75. The molecule has 0 spiro atoms. The van der Waals surface area contributed by atoms with Crippen molar-refractivity contribution in [2.45, 2.75) is 31.6 Å². The standard InChI is InChI=1S/C14H16N4O4S/c1-11-9-13(18(19)20)10-14(12(11)2)23(21,22)17(7-3-5-15)8-4-6-16/h9-10H,3-4,7-8H2,1-2H3. The van der Waals surface area contributed by atoms with Crippen LogP contribution in [0.1, 0.15) is 24.0 Å².